The molecule has 1 amide bonds. The molecule has 2 aromatic heterocycles. The summed E-state index contributed by atoms with van der Waals surface area (Å²) in [5.74, 6) is 0.136. The van der Waals surface area contributed by atoms with Crippen molar-refractivity contribution < 1.29 is 9.90 Å². The number of aliphatic hydroxyl groups is 1. The maximum Gasteiger partial charge on any atom is 0.219 e. The molecule has 27 heavy (non-hydrogen) atoms. The molecule has 0 aliphatic carbocycles. The highest BCUT2D eigenvalue weighted by atomic mass is 16.2. The van der Waals surface area contributed by atoms with E-state index in [4.69, 9.17) is 5.11 Å². The summed E-state index contributed by atoms with van der Waals surface area (Å²) in [4.78, 5) is 20.7. The van der Waals surface area contributed by atoms with E-state index in [1.54, 1.807) is 0 Å². The summed E-state index contributed by atoms with van der Waals surface area (Å²) in [5, 5.41) is 11.7. The number of hydrogen-bond acceptors (Lipinski definition) is 4. The molecule has 0 saturated carbocycles. The molecule has 0 radical (unpaired) electrons. The van der Waals surface area contributed by atoms with Gasteiger partial charge in [0.1, 0.15) is 0 Å². The summed E-state index contributed by atoms with van der Waals surface area (Å²) in [6.07, 6.45) is 10.9. The van der Waals surface area contributed by atoms with Gasteiger partial charge < -0.3 is 10.4 Å². The van der Waals surface area contributed by atoms with E-state index >= 15 is 0 Å². The van der Waals surface area contributed by atoms with Crippen LogP contribution >= 0.6 is 0 Å². The quantitative estimate of drug-likeness (QED) is 0.558. The number of aryl methyl sites for hydroxylation is 2. The fourth-order valence-electron chi connectivity index (χ4n) is 2.97. The molecular weight excluding hydrogens is 338 g/mol. The summed E-state index contributed by atoms with van der Waals surface area (Å²) in [6, 6.07) is 8.15. The second kappa shape index (κ2) is 12.2. The number of hydrogen-bond donors (Lipinski definition) is 2. The van der Waals surface area contributed by atoms with E-state index < -0.39 is 0 Å². The highest BCUT2D eigenvalue weighted by Gasteiger charge is 2.04. The summed E-state index contributed by atoms with van der Waals surface area (Å²) in [7, 11) is 0. The van der Waals surface area contributed by atoms with Gasteiger partial charge in [0.15, 0.2) is 0 Å². The van der Waals surface area contributed by atoms with Crippen LogP contribution < -0.4 is 5.32 Å². The third-order valence-corrected chi connectivity index (χ3v) is 4.53. The number of aromatic nitrogens is 2. The molecule has 0 bridgehead atoms. The van der Waals surface area contributed by atoms with Crippen molar-refractivity contribution in [2.24, 2.45) is 0 Å². The molecule has 0 saturated heterocycles. The molecule has 146 valence electrons. The van der Waals surface area contributed by atoms with Crippen LogP contribution in [0.3, 0.4) is 0 Å². The Morgan fingerprint density at radius 2 is 1.70 bits per heavy atom. The van der Waals surface area contributed by atoms with Crippen molar-refractivity contribution >= 4 is 5.91 Å². The number of carbonyl (C=O) groups is 1. The van der Waals surface area contributed by atoms with Gasteiger partial charge in [0, 0.05) is 32.0 Å². The number of pyridine rings is 2. The van der Waals surface area contributed by atoms with Crippen LogP contribution in [0.15, 0.2) is 36.7 Å². The van der Waals surface area contributed by atoms with Crippen molar-refractivity contribution in [3.05, 3.63) is 47.8 Å². The van der Waals surface area contributed by atoms with Crippen molar-refractivity contribution in [2.75, 3.05) is 13.2 Å². The summed E-state index contributed by atoms with van der Waals surface area (Å²) >= 11 is 0. The number of carbonyl (C=O) groups excluding carboxylic acids is 1. The van der Waals surface area contributed by atoms with Gasteiger partial charge in [-0.2, -0.15) is 0 Å². The Hall–Kier alpha value is -2.27. The minimum absolute atomic E-state index is 0.136. The van der Waals surface area contributed by atoms with E-state index in [9.17, 15) is 4.79 Å². The maximum atomic E-state index is 11.8. The van der Waals surface area contributed by atoms with Crippen LogP contribution in [-0.2, 0) is 11.2 Å². The van der Waals surface area contributed by atoms with E-state index in [1.807, 2.05) is 30.6 Å². The first-order chi connectivity index (χ1) is 13.2. The molecule has 0 fully saturated rings. The predicted molar refractivity (Wildman–Crippen MR) is 108 cm³/mol. The van der Waals surface area contributed by atoms with Gasteiger partial charge in [0.2, 0.25) is 5.91 Å². The second-order valence-electron chi connectivity index (χ2n) is 6.96. The highest BCUT2D eigenvalue weighted by molar-refractivity contribution is 5.75. The highest BCUT2D eigenvalue weighted by Crippen LogP contribution is 2.17. The average molecular weight is 370 g/mol. The maximum absolute atomic E-state index is 11.8. The molecule has 0 aromatic carbocycles. The van der Waals surface area contributed by atoms with Crippen molar-refractivity contribution in [3.63, 3.8) is 0 Å². The van der Waals surface area contributed by atoms with E-state index in [0.29, 0.717) is 6.42 Å². The molecular formula is C22H31N3O2. The summed E-state index contributed by atoms with van der Waals surface area (Å²) in [5.41, 5.74) is 4.20. The Balaban J connectivity index is 1.66. The predicted octanol–water partition coefficient (Wildman–Crippen LogP) is 3.83. The lowest BCUT2D eigenvalue weighted by Crippen LogP contribution is -2.24. The third kappa shape index (κ3) is 8.31. The van der Waals surface area contributed by atoms with Crippen molar-refractivity contribution in [1.82, 2.24) is 15.3 Å². The van der Waals surface area contributed by atoms with Crippen molar-refractivity contribution in [2.45, 2.75) is 58.3 Å². The fraction of sp³-hybridized carbons (Fsp3) is 0.500. The largest absolute Gasteiger partial charge is 0.396 e. The van der Waals surface area contributed by atoms with Crippen LogP contribution in [0.1, 0.15) is 56.1 Å². The second-order valence-corrected chi connectivity index (χ2v) is 6.96. The fourth-order valence-corrected chi connectivity index (χ4v) is 2.97. The number of nitrogens with one attached hydrogen (secondary N) is 1. The van der Waals surface area contributed by atoms with Crippen molar-refractivity contribution in [1.29, 1.82) is 0 Å². The van der Waals surface area contributed by atoms with E-state index in [0.717, 1.165) is 62.9 Å². The molecule has 0 atom stereocenters. The van der Waals surface area contributed by atoms with Gasteiger partial charge in [-0.3, -0.25) is 14.8 Å². The van der Waals surface area contributed by atoms with E-state index in [-0.39, 0.29) is 12.5 Å². The summed E-state index contributed by atoms with van der Waals surface area (Å²) in [6.45, 7) is 3.05. The third-order valence-electron chi connectivity index (χ3n) is 4.53. The lowest BCUT2D eigenvalue weighted by Gasteiger charge is -2.06. The lowest BCUT2D eigenvalue weighted by atomic mass is 10.1. The van der Waals surface area contributed by atoms with Gasteiger partial charge in [-0.25, -0.2) is 0 Å². The van der Waals surface area contributed by atoms with Crippen LogP contribution in [0.2, 0.25) is 0 Å². The first-order valence-corrected chi connectivity index (χ1v) is 9.94. The van der Waals surface area contributed by atoms with Crippen molar-refractivity contribution in [3.8, 4) is 11.4 Å². The van der Waals surface area contributed by atoms with Gasteiger partial charge in [-0.1, -0.05) is 12.8 Å². The van der Waals surface area contributed by atoms with Gasteiger partial charge in [-0.15, -0.1) is 0 Å². The minimum Gasteiger partial charge on any atom is -0.396 e. The van der Waals surface area contributed by atoms with Gasteiger partial charge in [0.25, 0.3) is 0 Å². The zero-order valence-electron chi connectivity index (χ0n) is 16.3. The number of aliphatic hydroxyl groups excluding tert-OH is 1. The molecule has 0 spiro atoms. The zero-order valence-corrected chi connectivity index (χ0v) is 16.3. The normalized spacial score (nSPS) is 10.7. The Kier molecular flexibility index (Phi) is 9.49. The Morgan fingerprint density at radius 3 is 2.48 bits per heavy atom. The molecule has 0 aliphatic heterocycles. The van der Waals surface area contributed by atoms with Crippen LogP contribution in [0.5, 0.6) is 0 Å². The number of nitrogens with zero attached hydrogens (tertiary/aromatic N) is 2. The van der Waals surface area contributed by atoms with E-state index in [2.05, 4.69) is 28.3 Å². The molecule has 2 N–H and O–H groups in total. The topological polar surface area (TPSA) is 75.1 Å². The van der Waals surface area contributed by atoms with Crippen LogP contribution in [-0.4, -0.2) is 34.1 Å². The molecule has 2 rings (SSSR count). The molecule has 5 nitrogen and oxygen atoms in total. The number of rotatable bonds is 12. The van der Waals surface area contributed by atoms with Gasteiger partial charge in [0.05, 0.1) is 11.4 Å². The number of amides is 1. The Labute approximate surface area is 162 Å². The molecule has 2 aromatic rings. The Morgan fingerprint density at radius 1 is 0.963 bits per heavy atom. The van der Waals surface area contributed by atoms with E-state index in [1.165, 1.54) is 11.1 Å². The lowest BCUT2D eigenvalue weighted by molar-refractivity contribution is -0.121. The van der Waals surface area contributed by atoms with Gasteiger partial charge in [-0.05, 0) is 74.4 Å². The summed E-state index contributed by atoms with van der Waals surface area (Å²) < 4.78 is 0. The monoisotopic (exact) mass is 369 g/mol. The minimum atomic E-state index is 0.136. The molecule has 2 heterocycles. The van der Waals surface area contributed by atoms with Crippen LogP contribution in [0, 0.1) is 6.92 Å². The van der Waals surface area contributed by atoms with Crippen LogP contribution in [0.25, 0.3) is 11.4 Å². The van der Waals surface area contributed by atoms with Gasteiger partial charge >= 0.3 is 0 Å². The molecule has 0 aliphatic rings. The zero-order chi connectivity index (χ0) is 19.3. The average Bonchev–Trinajstić information content (AvgIpc) is 2.68. The number of unbranched alkanes of at least 4 members (excludes halogenated alkanes) is 4. The van der Waals surface area contributed by atoms with Crippen LogP contribution in [0.4, 0.5) is 0 Å². The SMILES string of the molecule is Cc1ccnc(-c2cc(CCCCC(=O)NCCCCCCO)ccn2)c1. The molecule has 5 heteroatoms. The standard InChI is InChI=1S/C22H31N3O2/c1-18-10-13-23-20(16-18)21-17-19(11-14-24-21)8-4-5-9-22(27)25-12-6-2-3-7-15-26/h10-11,13-14,16-17,26H,2-9,12,15H2,1H3,(H,25,27). The molecule has 0 unspecified atom stereocenters. The smallest absolute Gasteiger partial charge is 0.219 e. The first-order valence-electron chi connectivity index (χ1n) is 9.94. The Bertz CT molecular complexity index is 703. The first kappa shape index (κ1) is 21.0.